The lowest BCUT2D eigenvalue weighted by atomic mass is 10.0. The maximum absolute atomic E-state index is 11.4. The summed E-state index contributed by atoms with van der Waals surface area (Å²) in [5, 5.41) is 9.71. The molecule has 0 aromatic carbocycles. The predicted octanol–water partition coefficient (Wildman–Crippen LogP) is 5.05. The highest BCUT2D eigenvalue weighted by Gasteiger charge is 2.32. The fourth-order valence-corrected chi connectivity index (χ4v) is 2.93. The van der Waals surface area contributed by atoms with Crippen molar-refractivity contribution in [3.63, 3.8) is 0 Å². The van der Waals surface area contributed by atoms with E-state index in [2.05, 4.69) is 12.5 Å². The van der Waals surface area contributed by atoms with Crippen LogP contribution >= 0.6 is 0 Å². The third kappa shape index (κ3) is 8.36. The van der Waals surface area contributed by atoms with E-state index in [4.69, 9.17) is 11.2 Å². The van der Waals surface area contributed by atoms with Gasteiger partial charge in [-0.3, -0.25) is 0 Å². The Bertz CT molecular complexity index is 456. The molecule has 0 aliphatic carbocycles. The number of allylic oxidation sites excluding steroid dienone is 1. The molecule has 1 fully saturated rings. The van der Waals surface area contributed by atoms with Crippen LogP contribution < -0.4 is 0 Å². The SMILES string of the molecule is C#CCCCCCCCCCCCCC/C=C1/C(=O)OC(=C)C1O. The van der Waals surface area contributed by atoms with Gasteiger partial charge in [-0.15, -0.1) is 12.3 Å². The molecule has 1 heterocycles. The van der Waals surface area contributed by atoms with E-state index in [1.165, 1.54) is 64.2 Å². The number of unbranched alkanes of at least 4 members (excludes halogenated alkanes) is 12. The second kappa shape index (κ2) is 12.8. The first-order valence-electron chi connectivity index (χ1n) is 9.39. The van der Waals surface area contributed by atoms with Crippen molar-refractivity contribution >= 4 is 5.97 Å². The average molecular weight is 332 g/mol. The normalized spacial score (nSPS) is 18.8. The number of cyclic esters (lactones) is 1. The fraction of sp³-hybridized carbons (Fsp3) is 0.667. The van der Waals surface area contributed by atoms with Gasteiger partial charge in [0.25, 0.3) is 0 Å². The lowest BCUT2D eigenvalue weighted by molar-refractivity contribution is -0.132. The molecule has 3 heteroatoms. The first kappa shape index (κ1) is 20.5. The van der Waals surface area contributed by atoms with Crippen molar-refractivity contribution in [2.75, 3.05) is 0 Å². The minimum Gasteiger partial charge on any atom is -0.425 e. The van der Waals surface area contributed by atoms with E-state index in [1.54, 1.807) is 6.08 Å². The zero-order valence-electron chi connectivity index (χ0n) is 14.9. The summed E-state index contributed by atoms with van der Waals surface area (Å²) in [7, 11) is 0. The Morgan fingerprint density at radius 3 is 1.96 bits per heavy atom. The molecule has 1 saturated heterocycles. The quantitative estimate of drug-likeness (QED) is 0.222. The van der Waals surface area contributed by atoms with Gasteiger partial charge in [-0.1, -0.05) is 70.4 Å². The predicted molar refractivity (Wildman–Crippen MR) is 98.2 cm³/mol. The van der Waals surface area contributed by atoms with Crippen LogP contribution in [0.15, 0.2) is 24.0 Å². The third-order valence-electron chi connectivity index (χ3n) is 4.45. The molecule has 0 spiro atoms. The Hall–Kier alpha value is -1.53. The highest BCUT2D eigenvalue weighted by atomic mass is 16.6. The molecule has 0 amide bonds. The van der Waals surface area contributed by atoms with Gasteiger partial charge in [-0.2, -0.15) is 0 Å². The lowest BCUT2D eigenvalue weighted by Gasteiger charge is -2.02. The smallest absolute Gasteiger partial charge is 0.341 e. The van der Waals surface area contributed by atoms with Crippen LogP contribution in [0.2, 0.25) is 0 Å². The lowest BCUT2D eigenvalue weighted by Crippen LogP contribution is -2.07. The fourth-order valence-electron chi connectivity index (χ4n) is 2.93. The van der Waals surface area contributed by atoms with Crippen LogP contribution in [-0.4, -0.2) is 17.2 Å². The largest absolute Gasteiger partial charge is 0.425 e. The minimum atomic E-state index is -0.941. The standard InChI is InChI=1S/C21H32O3/c1-3-4-5-6-7-8-9-10-11-12-13-14-15-16-17-19-20(22)18(2)24-21(19)23/h1,17,20,22H,2,4-16H2/b19-17+. The first-order chi connectivity index (χ1) is 11.7. The van der Waals surface area contributed by atoms with Crippen molar-refractivity contribution in [2.24, 2.45) is 0 Å². The van der Waals surface area contributed by atoms with Gasteiger partial charge < -0.3 is 9.84 Å². The van der Waals surface area contributed by atoms with Gasteiger partial charge in [-0.25, -0.2) is 4.79 Å². The Labute approximate surface area is 147 Å². The number of aliphatic hydroxyl groups is 1. The molecule has 1 N–H and O–H groups in total. The van der Waals surface area contributed by atoms with Gasteiger partial charge >= 0.3 is 5.97 Å². The van der Waals surface area contributed by atoms with Crippen molar-refractivity contribution in [2.45, 2.75) is 89.6 Å². The topological polar surface area (TPSA) is 46.5 Å². The van der Waals surface area contributed by atoms with E-state index in [1.807, 2.05) is 0 Å². The molecule has 134 valence electrons. The number of terminal acetylenes is 1. The molecule has 0 saturated carbocycles. The molecule has 0 bridgehead atoms. The summed E-state index contributed by atoms with van der Waals surface area (Å²) in [5.74, 6) is 2.38. The van der Waals surface area contributed by atoms with Crippen molar-refractivity contribution in [1.82, 2.24) is 0 Å². The van der Waals surface area contributed by atoms with Crippen molar-refractivity contribution in [1.29, 1.82) is 0 Å². The Kier molecular flexibility index (Phi) is 11.0. The number of carbonyl (C=O) groups is 1. The molecule has 1 aliphatic rings. The molecule has 1 rings (SSSR count). The molecule has 0 radical (unpaired) electrons. The molecule has 3 nitrogen and oxygen atoms in total. The third-order valence-corrected chi connectivity index (χ3v) is 4.45. The zero-order valence-corrected chi connectivity index (χ0v) is 14.9. The van der Waals surface area contributed by atoms with Gasteiger partial charge in [-0.05, 0) is 19.3 Å². The van der Waals surface area contributed by atoms with Crippen LogP contribution in [0.25, 0.3) is 0 Å². The summed E-state index contributed by atoms with van der Waals surface area (Å²) in [4.78, 5) is 11.4. The Morgan fingerprint density at radius 1 is 1.00 bits per heavy atom. The highest BCUT2D eigenvalue weighted by molar-refractivity contribution is 5.93. The van der Waals surface area contributed by atoms with Crippen LogP contribution in [0, 0.1) is 12.3 Å². The molecule has 24 heavy (non-hydrogen) atoms. The van der Waals surface area contributed by atoms with E-state index >= 15 is 0 Å². The van der Waals surface area contributed by atoms with E-state index < -0.39 is 12.1 Å². The number of hydrogen-bond donors (Lipinski definition) is 1. The van der Waals surface area contributed by atoms with E-state index in [-0.39, 0.29) is 5.76 Å². The van der Waals surface area contributed by atoms with Crippen LogP contribution in [0.3, 0.4) is 0 Å². The van der Waals surface area contributed by atoms with Crippen molar-refractivity contribution < 1.29 is 14.6 Å². The summed E-state index contributed by atoms with van der Waals surface area (Å²) >= 11 is 0. The van der Waals surface area contributed by atoms with Gasteiger partial charge in [0.05, 0.1) is 5.57 Å². The second-order valence-corrected chi connectivity index (χ2v) is 6.55. The summed E-state index contributed by atoms with van der Waals surface area (Å²) in [6, 6.07) is 0. The summed E-state index contributed by atoms with van der Waals surface area (Å²) in [5.41, 5.74) is 0.349. The Morgan fingerprint density at radius 2 is 1.50 bits per heavy atom. The van der Waals surface area contributed by atoms with Gasteiger partial charge in [0, 0.05) is 6.42 Å². The zero-order chi connectivity index (χ0) is 17.6. The number of hydrogen-bond acceptors (Lipinski definition) is 3. The summed E-state index contributed by atoms with van der Waals surface area (Å²) in [6.45, 7) is 3.51. The van der Waals surface area contributed by atoms with Crippen LogP contribution in [0.4, 0.5) is 0 Å². The van der Waals surface area contributed by atoms with E-state index in [0.717, 1.165) is 19.3 Å². The van der Waals surface area contributed by atoms with E-state index in [0.29, 0.717) is 5.57 Å². The summed E-state index contributed by atoms with van der Waals surface area (Å²) < 4.78 is 4.80. The molecule has 0 aromatic heterocycles. The second-order valence-electron chi connectivity index (χ2n) is 6.55. The Balaban J connectivity index is 1.88. The monoisotopic (exact) mass is 332 g/mol. The number of aliphatic hydroxyl groups excluding tert-OH is 1. The first-order valence-corrected chi connectivity index (χ1v) is 9.39. The van der Waals surface area contributed by atoms with E-state index in [9.17, 15) is 9.90 Å². The number of rotatable bonds is 13. The maximum atomic E-state index is 11.4. The maximum Gasteiger partial charge on any atom is 0.341 e. The number of esters is 1. The number of ether oxygens (including phenoxy) is 1. The highest BCUT2D eigenvalue weighted by Crippen LogP contribution is 2.23. The minimum absolute atomic E-state index is 0.141. The summed E-state index contributed by atoms with van der Waals surface area (Å²) in [6.07, 6.45) is 21.7. The molecule has 1 aliphatic heterocycles. The van der Waals surface area contributed by atoms with Crippen molar-refractivity contribution in [3.05, 3.63) is 24.0 Å². The number of carbonyl (C=O) groups excluding carboxylic acids is 1. The van der Waals surface area contributed by atoms with Gasteiger partial charge in [0.15, 0.2) is 0 Å². The van der Waals surface area contributed by atoms with Gasteiger partial charge in [0.1, 0.15) is 11.9 Å². The molecular formula is C21H32O3. The van der Waals surface area contributed by atoms with Crippen LogP contribution in [0.5, 0.6) is 0 Å². The molecule has 1 unspecified atom stereocenters. The van der Waals surface area contributed by atoms with Gasteiger partial charge in [0.2, 0.25) is 0 Å². The van der Waals surface area contributed by atoms with Crippen LogP contribution in [0.1, 0.15) is 83.5 Å². The molecular weight excluding hydrogens is 300 g/mol. The molecule has 0 aromatic rings. The van der Waals surface area contributed by atoms with Crippen LogP contribution in [-0.2, 0) is 9.53 Å². The average Bonchev–Trinajstić information content (AvgIpc) is 2.81. The van der Waals surface area contributed by atoms with Crippen molar-refractivity contribution in [3.8, 4) is 12.3 Å². The molecule has 1 atom stereocenters.